The zero-order chi connectivity index (χ0) is 15.5. The van der Waals surface area contributed by atoms with Gasteiger partial charge < -0.3 is 14.8 Å². The Morgan fingerprint density at radius 2 is 2.05 bits per heavy atom. The van der Waals surface area contributed by atoms with E-state index < -0.39 is 4.92 Å². The summed E-state index contributed by atoms with van der Waals surface area (Å²) >= 11 is 6.03. The summed E-state index contributed by atoms with van der Waals surface area (Å²) in [6.45, 7) is 0.903. The van der Waals surface area contributed by atoms with Crippen LogP contribution < -0.4 is 14.8 Å². The molecule has 1 atom stereocenters. The zero-order valence-corrected chi connectivity index (χ0v) is 12.2. The Labute approximate surface area is 131 Å². The maximum atomic E-state index is 10.7. The standard InChI is InChI=1S/C15H13ClN2O4/c16-12-7-10(18(19)20)5-6-13(12)17-8-11-9-21-14-3-1-2-4-15(14)22-11/h1-7,11,17H,8-9H2/t11-/m1/s1. The average Bonchev–Trinajstić information content (AvgIpc) is 2.53. The van der Waals surface area contributed by atoms with Crippen molar-refractivity contribution in [2.24, 2.45) is 0 Å². The molecule has 114 valence electrons. The van der Waals surface area contributed by atoms with E-state index in [1.807, 2.05) is 24.3 Å². The van der Waals surface area contributed by atoms with Crippen LogP contribution >= 0.6 is 11.6 Å². The molecule has 0 amide bonds. The first-order valence-corrected chi connectivity index (χ1v) is 7.07. The molecule has 0 fully saturated rings. The Hall–Kier alpha value is -2.47. The first-order chi connectivity index (χ1) is 10.6. The molecule has 6 nitrogen and oxygen atoms in total. The number of rotatable bonds is 4. The number of benzene rings is 2. The van der Waals surface area contributed by atoms with Crippen LogP contribution in [0, 0.1) is 10.1 Å². The lowest BCUT2D eigenvalue weighted by Crippen LogP contribution is -2.35. The van der Waals surface area contributed by atoms with E-state index in [1.54, 1.807) is 6.07 Å². The lowest BCUT2D eigenvalue weighted by Gasteiger charge is -2.26. The van der Waals surface area contributed by atoms with E-state index in [-0.39, 0.29) is 11.8 Å². The number of fused-ring (bicyclic) bond motifs is 1. The Balaban J connectivity index is 1.63. The van der Waals surface area contributed by atoms with E-state index >= 15 is 0 Å². The minimum atomic E-state index is -0.481. The lowest BCUT2D eigenvalue weighted by atomic mass is 10.2. The third kappa shape index (κ3) is 3.07. The fraction of sp³-hybridized carbons (Fsp3) is 0.200. The van der Waals surface area contributed by atoms with Crippen molar-refractivity contribution in [2.75, 3.05) is 18.5 Å². The van der Waals surface area contributed by atoms with Crippen molar-refractivity contribution in [3.8, 4) is 11.5 Å². The van der Waals surface area contributed by atoms with Crippen LogP contribution in [0.25, 0.3) is 0 Å². The summed E-state index contributed by atoms with van der Waals surface area (Å²) in [6.07, 6.45) is -0.166. The summed E-state index contributed by atoms with van der Waals surface area (Å²) in [7, 11) is 0. The van der Waals surface area contributed by atoms with Crippen molar-refractivity contribution in [3.63, 3.8) is 0 Å². The SMILES string of the molecule is O=[N+]([O-])c1ccc(NC[C@@H]2COc3ccccc3O2)c(Cl)c1. The maximum Gasteiger partial charge on any atom is 0.271 e. The molecule has 22 heavy (non-hydrogen) atoms. The molecule has 1 heterocycles. The van der Waals surface area contributed by atoms with E-state index in [2.05, 4.69) is 5.32 Å². The average molecular weight is 321 g/mol. The maximum absolute atomic E-state index is 10.7. The number of hydrogen-bond acceptors (Lipinski definition) is 5. The molecule has 2 aromatic carbocycles. The molecule has 1 aliphatic heterocycles. The predicted molar refractivity (Wildman–Crippen MR) is 82.9 cm³/mol. The molecule has 1 N–H and O–H groups in total. The van der Waals surface area contributed by atoms with E-state index in [9.17, 15) is 10.1 Å². The summed E-state index contributed by atoms with van der Waals surface area (Å²) in [5, 5.41) is 14.1. The number of ether oxygens (including phenoxy) is 2. The summed E-state index contributed by atoms with van der Waals surface area (Å²) in [6, 6.07) is 11.8. The van der Waals surface area contributed by atoms with Gasteiger partial charge in [0.2, 0.25) is 0 Å². The molecule has 0 aliphatic carbocycles. The second kappa shape index (κ2) is 6.11. The molecular weight excluding hydrogens is 308 g/mol. The molecule has 0 radical (unpaired) electrons. The number of nitrogens with one attached hydrogen (secondary N) is 1. The second-order valence-electron chi connectivity index (χ2n) is 4.80. The van der Waals surface area contributed by atoms with Gasteiger partial charge in [-0.25, -0.2) is 0 Å². The first kappa shape index (κ1) is 14.5. The molecule has 0 unspecified atom stereocenters. The van der Waals surface area contributed by atoms with Gasteiger partial charge in [0.25, 0.3) is 5.69 Å². The van der Waals surface area contributed by atoms with Gasteiger partial charge in [-0.2, -0.15) is 0 Å². The van der Waals surface area contributed by atoms with Crippen LogP contribution in [0.3, 0.4) is 0 Å². The third-order valence-electron chi connectivity index (χ3n) is 3.25. The predicted octanol–water partition coefficient (Wildman–Crippen LogP) is 3.50. The number of hydrogen-bond donors (Lipinski definition) is 1. The summed E-state index contributed by atoms with van der Waals surface area (Å²) in [4.78, 5) is 10.2. The molecule has 0 aromatic heterocycles. The highest BCUT2D eigenvalue weighted by Crippen LogP contribution is 2.31. The third-order valence-corrected chi connectivity index (χ3v) is 3.56. The molecule has 2 aromatic rings. The second-order valence-corrected chi connectivity index (χ2v) is 5.21. The molecule has 3 rings (SSSR count). The van der Waals surface area contributed by atoms with Gasteiger partial charge in [0.15, 0.2) is 11.5 Å². The van der Waals surface area contributed by atoms with Crippen molar-refractivity contribution in [1.29, 1.82) is 0 Å². The molecule has 0 saturated carbocycles. The lowest BCUT2D eigenvalue weighted by molar-refractivity contribution is -0.384. The summed E-state index contributed by atoms with van der Waals surface area (Å²) < 4.78 is 11.4. The first-order valence-electron chi connectivity index (χ1n) is 6.70. The number of non-ortho nitro benzene ring substituents is 1. The molecule has 0 bridgehead atoms. The van der Waals surface area contributed by atoms with Gasteiger partial charge >= 0.3 is 0 Å². The largest absolute Gasteiger partial charge is 0.486 e. The highest BCUT2D eigenvalue weighted by atomic mass is 35.5. The summed E-state index contributed by atoms with van der Waals surface area (Å²) in [5.41, 5.74) is 0.580. The number of para-hydroxylation sites is 2. The van der Waals surface area contributed by atoms with E-state index in [4.69, 9.17) is 21.1 Å². The number of nitrogens with zero attached hydrogens (tertiary/aromatic N) is 1. The number of anilines is 1. The van der Waals surface area contributed by atoms with Gasteiger partial charge in [-0.3, -0.25) is 10.1 Å². The Morgan fingerprint density at radius 3 is 2.77 bits per heavy atom. The van der Waals surface area contributed by atoms with Crippen molar-refractivity contribution in [1.82, 2.24) is 0 Å². The van der Waals surface area contributed by atoms with Gasteiger partial charge in [-0.1, -0.05) is 23.7 Å². The number of nitro benzene ring substituents is 1. The van der Waals surface area contributed by atoms with Gasteiger partial charge in [0, 0.05) is 12.1 Å². The molecule has 0 saturated heterocycles. The highest BCUT2D eigenvalue weighted by molar-refractivity contribution is 6.33. The van der Waals surface area contributed by atoms with Crippen molar-refractivity contribution < 1.29 is 14.4 Å². The van der Waals surface area contributed by atoms with Gasteiger partial charge in [0.1, 0.15) is 12.7 Å². The molecule has 1 aliphatic rings. The normalized spacial score (nSPS) is 16.1. The zero-order valence-electron chi connectivity index (χ0n) is 11.5. The minimum Gasteiger partial charge on any atom is -0.486 e. The van der Waals surface area contributed by atoms with Crippen LogP contribution in [0.1, 0.15) is 0 Å². The van der Waals surface area contributed by atoms with Crippen LogP contribution in [-0.2, 0) is 0 Å². The van der Waals surface area contributed by atoms with E-state index in [0.29, 0.717) is 29.6 Å². The van der Waals surface area contributed by atoms with Crippen LogP contribution in [-0.4, -0.2) is 24.2 Å². The van der Waals surface area contributed by atoms with Crippen LogP contribution in [0.2, 0.25) is 5.02 Å². The van der Waals surface area contributed by atoms with Crippen LogP contribution in [0.5, 0.6) is 11.5 Å². The molecule has 0 spiro atoms. The fourth-order valence-corrected chi connectivity index (χ4v) is 2.39. The van der Waals surface area contributed by atoms with E-state index in [0.717, 1.165) is 5.75 Å². The van der Waals surface area contributed by atoms with Crippen molar-refractivity contribution in [3.05, 3.63) is 57.6 Å². The smallest absolute Gasteiger partial charge is 0.271 e. The van der Waals surface area contributed by atoms with Crippen molar-refractivity contribution >= 4 is 23.0 Å². The minimum absolute atomic E-state index is 0.0401. The van der Waals surface area contributed by atoms with Gasteiger partial charge in [-0.05, 0) is 18.2 Å². The number of halogens is 1. The van der Waals surface area contributed by atoms with Crippen LogP contribution in [0.15, 0.2) is 42.5 Å². The van der Waals surface area contributed by atoms with Crippen LogP contribution in [0.4, 0.5) is 11.4 Å². The van der Waals surface area contributed by atoms with E-state index in [1.165, 1.54) is 12.1 Å². The fourth-order valence-electron chi connectivity index (χ4n) is 2.15. The Bertz CT molecular complexity index is 708. The summed E-state index contributed by atoms with van der Waals surface area (Å²) in [5.74, 6) is 1.43. The Morgan fingerprint density at radius 1 is 1.27 bits per heavy atom. The quantitative estimate of drug-likeness (QED) is 0.689. The van der Waals surface area contributed by atoms with Gasteiger partial charge in [0.05, 0.1) is 22.2 Å². The van der Waals surface area contributed by atoms with Crippen molar-refractivity contribution in [2.45, 2.75) is 6.10 Å². The van der Waals surface area contributed by atoms with Gasteiger partial charge in [-0.15, -0.1) is 0 Å². The molecular formula is C15H13ClN2O4. The highest BCUT2D eigenvalue weighted by Gasteiger charge is 2.20. The topological polar surface area (TPSA) is 73.6 Å². The molecule has 7 heteroatoms. The monoisotopic (exact) mass is 320 g/mol. The Kier molecular flexibility index (Phi) is 4.02. The number of nitro groups is 1.